The molecule has 1 spiro atoms. The lowest BCUT2D eigenvalue weighted by Crippen LogP contribution is -2.57. The lowest BCUT2D eigenvalue weighted by Gasteiger charge is -2.38. The van der Waals surface area contributed by atoms with Crippen molar-refractivity contribution in [3.63, 3.8) is 0 Å². The number of hydrogen-bond donors (Lipinski definition) is 3. The van der Waals surface area contributed by atoms with Crippen LogP contribution in [0, 0.1) is 17.8 Å². The van der Waals surface area contributed by atoms with Gasteiger partial charge in [0.1, 0.15) is 11.6 Å². The lowest BCUT2D eigenvalue weighted by molar-refractivity contribution is -0.145. The van der Waals surface area contributed by atoms with Gasteiger partial charge in [-0.25, -0.2) is 0 Å². The summed E-state index contributed by atoms with van der Waals surface area (Å²) in [6.45, 7) is 12.0. The molecule has 9 heteroatoms. The molecular formula is C28H42N4O5. The van der Waals surface area contributed by atoms with Crippen LogP contribution in [0.5, 0.6) is 0 Å². The predicted octanol–water partition coefficient (Wildman–Crippen LogP) is 2.39. The average molecular weight is 515 g/mol. The quantitative estimate of drug-likeness (QED) is 0.418. The molecule has 3 N–H and O–H groups in total. The number of rotatable bonds is 11. The van der Waals surface area contributed by atoms with E-state index in [0.717, 1.165) is 25.2 Å². The number of aliphatic hydroxyl groups is 1. The molecule has 3 aliphatic rings. The molecule has 0 radical (unpaired) electrons. The van der Waals surface area contributed by atoms with E-state index in [0.29, 0.717) is 25.1 Å². The number of likely N-dealkylation sites (tertiary alicyclic amines) is 1. The molecule has 3 aliphatic heterocycles. The SMILES string of the molecule is CCCNC(=O)[C@@H]1[C@@H]2CCC3(O2)C(C(=O)Nc2ccc(N(CC)CC)cc2)N([C@@H](CO)C(C)C)C(=O)[C@H]13. The van der Waals surface area contributed by atoms with E-state index in [4.69, 9.17) is 4.74 Å². The van der Waals surface area contributed by atoms with Crippen molar-refractivity contribution in [1.82, 2.24) is 10.2 Å². The van der Waals surface area contributed by atoms with Crippen molar-refractivity contribution in [2.45, 2.75) is 77.7 Å². The fourth-order valence-electron chi connectivity index (χ4n) is 6.59. The fraction of sp³-hybridized carbons (Fsp3) is 0.679. The zero-order valence-corrected chi connectivity index (χ0v) is 22.7. The highest BCUT2D eigenvalue weighted by molar-refractivity contribution is 6.03. The summed E-state index contributed by atoms with van der Waals surface area (Å²) >= 11 is 0. The van der Waals surface area contributed by atoms with Crippen molar-refractivity contribution < 1.29 is 24.2 Å². The molecule has 6 atom stereocenters. The molecule has 9 nitrogen and oxygen atoms in total. The molecule has 3 fully saturated rings. The normalized spacial score (nSPS) is 28.9. The first-order chi connectivity index (χ1) is 17.7. The number of carbonyl (C=O) groups is 3. The first-order valence-corrected chi connectivity index (χ1v) is 13.8. The number of anilines is 2. The monoisotopic (exact) mass is 514 g/mol. The summed E-state index contributed by atoms with van der Waals surface area (Å²) in [5.74, 6) is -2.27. The van der Waals surface area contributed by atoms with E-state index in [1.165, 1.54) is 4.90 Å². The van der Waals surface area contributed by atoms with Crippen molar-refractivity contribution in [2.24, 2.45) is 17.8 Å². The van der Waals surface area contributed by atoms with E-state index in [2.05, 4.69) is 29.4 Å². The van der Waals surface area contributed by atoms with Crippen molar-refractivity contribution in [3.8, 4) is 0 Å². The molecule has 1 aromatic carbocycles. The summed E-state index contributed by atoms with van der Waals surface area (Å²) in [7, 11) is 0. The Morgan fingerprint density at radius 3 is 2.41 bits per heavy atom. The summed E-state index contributed by atoms with van der Waals surface area (Å²) in [5, 5.41) is 16.2. The van der Waals surface area contributed by atoms with Gasteiger partial charge < -0.3 is 30.3 Å². The van der Waals surface area contributed by atoms with E-state index in [-0.39, 0.29) is 36.4 Å². The van der Waals surface area contributed by atoms with Gasteiger partial charge in [-0.3, -0.25) is 14.4 Å². The van der Waals surface area contributed by atoms with E-state index >= 15 is 0 Å². The summed E-state index contributed by atoms with van der Waals surface area (Å²) < 4.78 is 6.45. The maximum Gasteiger partial charge on any atom is 0.250 e. The van der Waals surface area contributed by atoms with Gasteiger partial charge in [-0.15, -0.1) is 0 Å². The average Bonchev–Trinajstić information content (AvgIpc) is 3.52. The van der Waals surface area contributed by atoms with Crippen molar-refractivity contribution in [3.05, 3.63) is 24.3 Å². The van der Waals surface area contributed by atoms with Crippen LogP contribution in [0.15, 0.2) is 24.3 Å². The van der Waals surface area contributed by atoms with Gasteiger partial charge in [0, 0.05) is 31.0 Å². The van der Waals surface area contributed by atoms with Crippen LogP contribution in [-0.2, 0) is 19.1 Å². The number of nitrogens with zero attached hydrogens (tertiary/aromatic N) is 2. The lowest BCUT2D eigenvalue weighted by atomic mass is 9.70. The number of nitrogens with one attached hydrogen (secondary N) is 2. The van der Waals surface area contributed by atoms with Crippen molar-refractivity contribution in [1.29, 1.82) is 0 Å². The van der Waals surface area contributed by atoms with Crippen LogP contribution in [-0.4, -0.2) is 77.8 Å². The van der Waals surface area contributed by atoms with Gasteiger partial charge in [0.2, 0.25) is 17.7 Å². The van der Waals surface area contributed by atoms with E-state index in [1.54, 1.807) is 0 Å². The summed E-state index contributed by atoms with van der Waals surface area (Å²) in [6.07, 6.45) is 1.55. The maximum atomic E-state index is 14.0. The maximum absolute atomic E-state index is 14.0. The molecule has 1 aromatic rings. The topological polar surface area (TPSA) is 111 Å². The molecule has 4 rings (SSSR count). The van der Waals surface area contributed by atoms with Gasteiger partial charge in [0.05, 0.1) is 30.6 Å². The third kappa shape index (κ3) is 4.61. The number of ether oxygens (including phenoxy) is 1. The third-order valence-corrected chi connectivity index (χ3v) is 8.42. The van der Waals surface area contributed by atoms with Gasteiger partial charge in [-0.05, 0) is 63.3 Å². The number of amides is 3. The van der Waals surface area contributed by atoms with Crippen LogP contribution in [0.2, 0.25) is 0 Å². The highest BCUT2D eigenvalue weighted by Gasteiger charge is 2.75. The van der Waals surface area contributed by atoms with Crippen molar-refractivity contribution >= 4 is 29.1 Å². The van der Waals surface area contributed by atoms with Gasteiger partial charge in [-0.2, -0.15) is 0 Å². The Morgan fingerprint density at radius 1 is 1.16 bits per heavy atom. The Bertz CT molecular complexity index is 995. The molecule has 3 heterocycles. The smallest absolute Gasteiger partial charge is 0.250 e. The van der Waals surface area contributed by atoms with Crippen LogP contribution in [0.3, 0.4) is 0 Å². The summed E-state index contributed by atoms with van der Waals surface area (Å²) in [6, 6.07) is 6.18. The van der Waals surface area contributed by atoms with Crippen LogP contribution in [0.1, 0.15) is 53.9 Å². The number of benzene rings is 1. The number of fused-ring (bicyclic) bond motifs is 1. The Balaban J connectivity index is 1.67. The van der Waals surface area contributed by atoms with Crippen LogP contribution < -0.4 is 15.5 Å². The Kier molecular flexibility index (Phi) is 8.14. The molecule has 37 heavy (non-hydrogen) atoms. The van der Waals surface area contributed by atoms with Gasteiger partial charge in [0.15, 0.2) is 0 Å². The highest BCUT2D eigenvalue weighted by atomic mass is 16.5. The summed E-state index contributed by atoms with van der Waals surface area (Å²) in [4.78, 5) is 44.8. The van der Waals surface area contributed by atoms with Gasteiger partial charge in [-0.1, -0.05) is 20.8 Å². The molecular weight excluding hydrogens is 472 g/mol. The first kappa shape index (κ1) is 27.4. The second kappa shape index (κ2) is 11.0. The molecule has 2 bridgehead atoms. The number of aliphatic hydroxyl groups excluding tert-OH is 1. The number of carbonyl (C=O) groups excluding carboxylic acids is 3. The minimum Gasteiger partial charge on any atom is -0.394 e. The van der Waals surface area contributed by atoms with E-state index in [1.807, 2.05) is 45.0 Å². The predicted molar refractivity (Wildman–Crippen MR) is 142 cm³/mol. The molecule has 204 valence electrons. The standard InChI is InChI=1S/C28H42N4O5/c1-6-15-29-25(34)22-21-13-14-28(37-21)23(22)27(36)32(20(16-33)17(4)5)24(28)26(35)30-18-9-11-19(12-10-18)31(7-2)8-3/h9-12,17,20-24,33H,6-8,13-16H2,1-5H3,(H,29,34)(H,30,35)/t20-,21-,22+,23-,24?,28?/m0/s1. The Labute approximate surface area is 219 Å². The highest BCUT2D eigenvalue weighted by Crippen LogP contribution is 2.59. The van der Waals surface area contributed by atoms with E-state index < -0.39 is 29.5 Å². The van der Waals surface area contributed by atoms with E-state index in [9.17, 15) is 19.5 Å². The zero-order valence-electron chi connectivity index (χ0n) is 22.7. The molecule has 0 saturated carbocycles. The van der Waals surface area contributed by atoms with Crippen LogP contribution >= 0.6 is 0 Å². The first-order valence-electron chi connectivity index (χ1n) is 13.8. The molecule has 2 unspecified atom stereocenters. The Hall–Kier alpha value is -2.65. The molecule has 3 saturated heterocycles. The van der Waals surface area contributed by atoms with Gasteiger partial charge >= 0.3 is 0 Å². The molecule has 3 amide bonds. The second-order valence-corrected chi connectivity index (χ2v) is 10.8. The zero-order chi connectivity index (χ0) is 26.9. The van der Waals surface area contributed by atoms with Crippen LogP contribution in [0.4, 0.5) is 11.4 Å². The second-order valence-electron chi connectivity index (χ2n) is 10.8. The number of hydrogen-bond acceptors (Lipinski definition) is 6. The fourth-order valence-corrected chi connectivity index (χ4v) is 6.59. The largest absolute Gasteiger partial charge is 0.394 e. The molecule has 0 aromatic heterocycles. The Morgan fingerprint density at radius 2 is 1.84 bits per heavy atom. The minimum atomic E-state index is -1.08. The molecule has 0 aliphatic carbocycles. The van der Waals surface area contributed by atoms with Crippen LogP contribution in [0.25, 0.3) is 0 Å². The van der Waals surface area contributed by atoms with Crippen molar-refractivity contribution in [2.75, 3.05) is 36.5 Å². The summed E-state index contributed by atoms with van der Waals surface area (Å²) in [5.41, 5.74) is 0.616. The minimum absolute atomic E-state index is 0.0857. The third-order valence-electron chi connectivity index (χ3n) is 8.42. The van der Waals surface area contributed by atoms with Gasteiger partial charge in [0.25, 0.3) is 0 Å².